The van der Waals surface area contributed by atoms with Crippen LogP contribution in [-0.4, -0.2) is 21.7 Å². The molecule has 1 rings (SSSR count). The van der Waals surface area contributed by atoms with Crippen molar-refractivity contribution in [2.24, 2.45) is 0 Å². The predicted molar refractivity (Wildman–Crippen MR) is 60.7 cm³/mol. The highest BCUT2D eigenvalue weighted by Crippen LogP contribution is 2.12. The van der Waals surface area contributed by atoms with Crippen LogP contribution in [0.1, 0.15) is 26.3 Å². The van der Waals surface area contributed by atoms with Gasteiger partial charge < -0.3 is 9.84 Å². The van der Waals surface area contributed by atoms with E-state index in [1.807, 2.05) is 0 Å². The summed E-state index contributed by atoms with van der Waals surface area (Å²) in [5.41, 5.74) is -0.0867. The van der Waals surface area contributed by atoms with Gasteiger partial charge in [0.25, 0.3) is 0 Å². The van der Waals surface area contributed by atoms with Crippen LogP contribution in [0.5, 0.6) is 0 Å². The molecule has 0 aliphatic rings. The maximum Gasteiger partial charge on any atom is 0.335 e. The van der Waals surface area contributed by atoms with E-state index in [4.69, 9.17) is 4.74 Å². The molecule has 86 valence electrons. The molecule has 16 heavy (non-hydrogen) atoms. The lowest BCUT2D eigenvalue weighted by Gasteiger charge is -2.18. The van der Waals surface area contributed by atoms with Crippen LogP contribution in [0, 0.1) is 0 Å². The Kier molecular flexibility index (Phi) is 3.66. The largest absolute Gasteiger partial charge is 0.507 e. The fourth-order valence-corrected chi connectivity index (χ4v) is 1.04. The summed E-state index contributed by atoms with van der Waals surface area (Å²) >= 11 is 0. The number of hydrogen-bond acceptors (Lipinski definition) is 4. The van der Waals surface area contributed by atoms with Gasteiger partial charge in [-0.15, -0.1) is 0 Å². The Morgan fingerprint density at radius 1 is 1.50 bits per heavy atom. The number of aliphatic hydroxyl groups is 1. The molecule has 4 heteroatoms. The van der Waals surface area contributed by atoms with E-state index in [9.17, 15) is 9.90 Å². The van der Waals surface area contributed by atoms with Crippen LogP contribution in [0.4, 0.5) is 0 Å². The van der Waals surface area contributed by atoms with Crippen molar-refractivity contribution in [1.29, 1.82) is 0 Å². The molecule has 0 saturated heterocycles. The summed E-state index contributed by atoms with van der Waals surface area (Å²) in [6.45, 7) is 5.29. The van der Waals surface area contributed by atoms with Gasteiger partial charge in [0.2, 0.25) is 0 Å². The Hall–Kier alpha value is -1.84. The molecule has 0 radical (unpaired) electrons. The van der Waals surface area contributed by atoms with E-state index in [0.717, 1.165) is 6.08 Å². The molecule has 1 aromatic heterocycles. The van der Waals surface area contributed by atoms with Crippen molar-refractivity contribution in [3.63, 3.8) is 0 Å². The summed E-state index contributed by atoms with van der Waals surface area (Å²) in [5, 5.41) is 9.61. The highest BCUT2D eigenvalue weighted by Gasteiger charge is 2.15. The minimum Gasteiger partial charge on any atom is -0.507 e. The van der Waals surface area contributed by atoms with E-state index in [2.05, 4.69) is 4.98 Å². The van der Waals surface area contributed by atoms with Crippen LogP contribution < -0.4 is 0 Å². The van der Waals surface area contributed by atoms with Crippen molar-refractivity contribution < 1.29 is 14.6 Å². The molecule has 1 heterocycles. The minimum atomic E-state index is -0.575. The molecule has 0 amide bonds. The highest BCUT2D eigenvalue weighted by molar-refractivity contribution is 5.89. The molecule has 0 aliphatic carbocycles. The number of rotatable bonds is 2. The van der Waals surface area contributed by atoms with Gasteiger partial charge in [-0.3, -0.25) is 4.98 Å². The van der Waals surface area contributed by atoms with Gasteiger partial charge in [0.15, 0.2) is 0 Å². The van der Waals surface area contributed by atoms with Gasteiger partial charge in [-0.2, -0.15) is 0 Å². The topological polar surface area (TPSA) is 59.4 Å². The summed E-state index contributed by atoms with van der Waals surface area (Å²) in [5.74, 6) is -0.726. The number of nitrogens with zero attached hydrogens (tertiary/aromatic N) is 1. The molecule has 0 atom stereocenters. The maximum atomic E-state index is 11.4. The number of esters is 1. The Morgan fingerprint density at radius 2 is 2.19 bits per heavy atom. The number of aliphatic hydroxyl groups excluding tert-OH is 1. The second-order valence-corrected chi connectivity index (χ2v) is 4.30. The van der Waals surface area contributed by atoms with Crippen LogP contribution >= 0.6 is 0 Å². The van der Waals surface area contributed by atoms with Crippen molar-refractivity contribution >= 4 is 11.7 Å². The number of carbonyl (C=O) groups is 1. The van der Waals surface area contributed by atoms with Gasteiger partial charge in [-0.1, -0.05) is 0 Å². The SMILES string of the molecule is CC(C)(C)OC(=O)C=C(O)c1cccnc1. The van der Waals surface area contributed by atoms with E-state index >= 15 is 0 Å². The predicted octanol–water partition coefficient (Wildman–Crippen LogP) is 2.32. The average molecular weight is 221 g/mol. The molecule has 0 fully saturated rings. The molecular formula is C12H15NO3. The Balaban J connectivity index is 2.75. The lowest BCUT2D eigenvalue weighted by Crippen LogP contribution is -2.22. The zero-order valence-corrected chi connectivity index (χ0v) is 9.60. The molecular weight excluding hydrogens is 206 g/mol. The smallest absolute Gasteiger partial charge is 0.335 e. The number of hydrogen-bond donors (Lipinski definition) is 1. The number of carbonyl (C=O) groups excluding carboxylic acids is 1. The van der Waals surface area contributed by atoms with Gasteiger partial charge in [-0.05, 0) is 32.9 Å². The van der Waals surface area contributed by atoms with E-state index in [0.29, 0.717) is 5.56 Å². The average Bonchev–Trinajstić information content (AvgIpc) is 2.16. The zero-order valence-electron chi connectivity index (χ0n) is 9.60. The summed E-state index contributed by atoms with van der Waals surface area (Å²) in [7, 11) is 0. The van der Waals surface area contributed by atoms with Gasteiger partial charge >= 0.3 is 5.97 Å². The first-order chi connectivity index (χ1) is 7.38. The lowest BCUT2D eigenvalue weighted by atomic mass is 10.2. The van der Waals surface area contributed by atoms with Gasteiger partial charge in [-0.25, -0.2) is 4.79 Å². The zero-order chi connectivity index (χ0) is 12.2. The normalized spacial score (nSPS) is 12.3. The second-order valence-electron chi connectivity index (χ2n) is 4.30. The molecule has 0 aromatic carbocycles. The number of pyridine rings is 1. The minimum absolute atomic E-state index is 0.151. The summed E-state index contributed by atoms with van der Waals surface area (Å²) in [6, 6.07) is 3.33. The van der Waals surface area contributed by atoms with Gasteiger partial charge in [0.05, 0.1) is 6.08 Å². The molecule has 1 aromatic rings. The van der Waals surface area contributed by atoms with Crippen molar-refractivity contribution in [3.05, 3.63) is 36.2 Å². The monoisotopic (exact) mass is 221 g/mol. The van der Waals surface area contributed by atoms with Crippen molar-refractivity contribution in [3.8, 4) is 0 Å². The standard InChI is InChI=1S/C12H15NO3/c1-12(2,3)16-11(15)7-10(14)9-5-4-6-13-8-9/h4-8,14H,1-3H3. The van der Waals surface area contributed by atoms with Crippen molar-refractivity contribution in [1.82, 2.24) is 4.98 Å². The van der Waals surface area contributed by atoms with Crippen molar-refractivity contribution in [2.45, 2.75) is 26.4 Å². The van der Waals surface area contributed by atoms with E-state index in [1.165, 1.54) is 6.20 Å². The Labute approximate surface area is 94.6 Å². The lowest BCUT2D eigenvalue weighted by molar-refractivity contribution is -0.148. The summed E-state index contributed by atoms with van der Waals surface area (Å²) < 4.78 is 5.03. The van der Waals surface area contributed by atoms with E-state index in [-0.39, 0.29) is 5.76 Å². The first-order valence-corrected chi connectivity index (χ1v) is 4.92. The number of aromatic nitrogens is 1. The van der Waals surface area contributed by atoms with Gasteiger partial charge in [0, 0.05) is 18.0 Å². The quantitative estimate of drug-likeness (QED) is 0.473. The fourth-order valence-electron chi connectivity index (χ4n) is 1.04. The maximum absolute atomic E-state index is 11.4. The molecule has 0 saturated carbocycles. The third kappa shape index (κ3) is 4.13. The third-order valence-electron chi connectivity index (χ3n) is 1.62. The molecule has 0 spiro atoms. The van der Waals surface area contributed by atoms with Crippen LogP contribution in [0.3, 0.4) is 0 Å². The van der Waals surface area contributed by atoms with Crippen LogP contribution in [0.15, 0.2) is 30.6 Å². The van der Waals surface area contributed by atoms with Gasteiger partial charge in [0.1, 0.15) is 11.4 Å². The Morgan fingerprint density at radius 3 is 2.69 bits per heavy atom. The summed E-state index contributed by atoms with van der Waals surface area (Å²) in [6.07, 6.45) is 4.10. The summed E-state index contributed by atoms with van der Waals surface area (Å²) in [4.78, 5) is 15.2. The third-order valence-corrected chi connectivity index (χ3v) is 1.62. The van der Waals surface area contributed by atoms with Crippen LogP contribution in [0.2, 0.25) is 0 Å². The first-order valence-electron chi connectivity index (χ1n) is 4.92. The second kappa shape index (κ2) is 4.79. The molecule has 0 unspecified atom stereocenters. The molecule has 4 nitrogen and oxygen atoms in total. The molecule has 0 bridgehead atoms. The van der Waals surface area contributed by atoms with Crippen LogP contribution in [0.25, 0.3) is 5.76 Å². The molecule has 1 N–H and O–H groups in total. The fraction of sp³-hybridized carbons (Fsp3) is 0.333. The first kappa shape index (κ1) is 12.2. The van der Waals surface area contributed by atoms with Crippen LogP contribution in [-0.2, 0) is 9.53 Å². The van der Waals surface area contributed by atoms with E-state index in [1.54, 1.807) is 39.1 Å². The van der Waals surface area contributed by atoms with E-state index < -0.39 is 11.6 Å². The number of ether oxygens (including phenoxy) is 1. The highest BCUT2D eigenvalue weighted by atomic mass is 16.6. The molecule has 0 aliphatic heterocycles. The van der Waals surface area contributed by atoms with Crippen molar-refractivity contribution in [2.75, 3.05) is 0 Å². The Bertz CT molecular complexity index is 390.